The van der Waals surface area contributed by atoms with E-state index >= 15 is 0 Å². The number of aromatic nitrogens is 2. The van der Waals surface area contributed by atoms with Crippen LogP contribution < -0.4 is 15.0 Å². The number of ether oxygens (including phenoxy) is 2. The number of rotatable bonds is 13. The number of hydrogen-bond donors (Lipinski definition) is 1. The first kappa shape index (κ1) is 28.9. The third kappa shape index (κ3) is 8.92. The van der Waals surface area contributed by atoms with Crippen molar-refractivity contribution < 1.29 is 9.47 Å². The van der Waals surface area contributed by atoms with Crippen molar-refractivity contribution in [1.82, 2.24) is 9.97 Å². The van der Waals surface area contributed by atoms with E-state index in [1.165, 1.54) is 22.3 Å². The van der Waals surface area contributed by atoms with E-state index in [1.54, 1.807) is 48.1 Å². The van der Waals surface area contributed by atoms with Gasteiger partial charge in [0, 0.05) is 50.8 Å². The summed E-state index contributed by atoms with van der Waals surface area (Å²) < 4.78 is 11.2. The minimum atomic E-state index is -0.296. The molecule has 0 aliphatic rings. The molecule has 5 aromatic rings. The van der Waals surface area contributed by atoms with Crippen LogP contribution in [0.1, 0.15) is 11.1 Å². The molecule has 208 valence electrons. The van der Waals surface area contributed by atoms with Crippen LogP contribution in [0.2, 0.25) is 5.02 Å². The molecule has 0 aliphatic carbocycles. The van der Waals surface area contributed by atoms with Gasteiger partial charge < -0.3 is 14.5 Å². The number of nitrogens with zero attached hydrogens (tertiary/aromatic N) is 1. The molecule has 0 bridgehead atoms. The van der Waals surface area contributed by atoms with Crippen molar-refractivity contribution in [2.45, 2.75) is 22.6 Å². The second-order valence-corrected chi connectivity index (χ2v) is 11.9. The number of nitrogens with one attached hydrogen (secondary N) is 1. The van der Waals surface area contributed by atoms with E-state index in [4.69, 9.17) is 21.1 Å². The van der Waals surface area contributed by atoms with Gasteiger partial charge in [-0.15, -0.1) is 23.5 Å². The molecule has 0 amide bonds. The standard InChI is InChI=1S/C33H29ClN2O3S2/c34-28-12-8-25(9-13-28)16-18-40-29-14-15-32(35-21-29)39-23-38-31-20-30(22-36-33(31)37)41-19-17-24-6-10-27(11-7-24)26-4-2-1-3-5-26/h1-15,20-22H,16-19,23H2,(H,36,37). The Labute approximate surface area is 253 Å². The van der Waals surface area contributed by atoms with E-state index in [-0.39, 0.29) is 18.1 Å². The molecule has 0 radical (unpaired) electrons. The van der Waals surface area contributed by atoms with E-state index in [9.17, 15) is 4.79 Å². The molecule has 0 fully saturated rings. The number of halogens is 1. The van der Waals surface area contributed by atoms with Crippen molar-refractivity contribution in [3.8, 4) is 22.8 Å². The monoisotopic (exact) mass is 600 g/mol. The summed E-state index contributed by atoms with van der Waals surface area (Å²) in [5, 5.41) is 0.748. The van der Waals surface area contributed by atoms with E-state index in [1.807, 2.05) is 48.5 Å². The second kappa shape index (κ2) is 14.8. The highest BCUT2D eigenvalue weighted by atomic mass is 35.5. The molecule has 41 heavy (non-hydrogen) atoms. The number of thioether (sulfide) groups is 2. The molecule has 0 unspecified atom stereocenters. The summed E-state index contributed by atoms with van der Waals surface area (Å²) in [6, 6.07) is 32.4. The fourth-order valence-corrected chi connectivity index (χ4v) is 5.94. The SMILES string of the molecule is O=c1[nH]cc(SCCc2ccc(-c3ccccc3)cc2)cc1OCOc1ccc(SCCc2ccc(Cl)cc2)cn1. The van der Waals surface area contributed by atoms with Crippen LogP contribution in [0, 0.1) is 0 Å². The Kier molecular flexibility index (Phi) is 10.4. The highest BCUT2D eigenvalue weighted by Gasteiger charge is 2.06. The molecule has 2 heterocycles. The molecule has 0 aliphatic heterocycles. The minimum Gasteiger partial charge on any atom is -0.452 e. The summed E-state index contributed by atoms with van der Waals surface area (Å²) in [5.41, 5.74) is 4.64. The fourth-order valence-electron chi connectivity index (χ4n) is 4.04. The van der Waals surface area contributed by atoms with Gasteiger partial charge in [-0.05, 0) is 53.3 Å². The Hall–Kier alpha value is -3.65. The fraction of sp³-hybridized carbons (Fsp3) is 0.152. The van der Waals surface area contributed by atoms with Gasteiger partial charge in [0.15, 0.2) is 5.75 Å². The molecule has 0 spiro atoms. The van der Waals surface area contributed by atoms with Crippen molar-refractivity contribution >= 4 is 35.1 Å². The van der Waals surface area contributed by atoms with E-state index in [0.717, 1.165) is 39.2 Å². The topological polar surface area (TPSA) is 64.2 Å². The number of hydrogen-bond acceptors (Lipinski definition) is 6. The minimum absolute atomic E-state index is 0.110. The Bertz CT molecular complexity index is 1580. The predicted molar refractivity (Wildman–Crippen MR) is 170 cm³/mol. The van der Waals surface area contributed by atoms with Gasteiger partial charge in [0.05, 0.1) is 0 Å². The zero-order valence-corrected chi connectivity index (χ0v) is 24.7. The van der Waals surface area contributed by atoms with Crippen molar-refractivity contribution in [3.05, 3.63) is 136 Å². The third-order valence-corrected chi connectivity index (χ3v) is 8.48. The zero-order chi connectivity index (χ0) is 28.3. The van der Waals surface area contributed by atoms with Gasteiger partial charge in [-0.1, -0.05) is 78.3 Å². The van der Waals surface area contributed by atoms with Crippen molar-refractivity contribution in [3.63, 3.8) is 0 Å². The molecule has 5 rings (SSSR count). The Morgan fingerprint density at radius 1 is 0.732 bits per heavy atom. The number of aromatic amines is 1. The molecule has 2 aromatic heterocycles. The quantitative estimate of drug-likeness (QED) is 0.109. The summed E-state index contributed by atoms with van der Waals surface area (Å²) in [7, 11) is 0. The van der Waals surface area contributed by atoms with Gasteiger partial charge in [0.25, 0.3) is 5.56 Å². The lowest BCUT2D eigenvalue weighted by molar-refractivity contribution is 0.113. The first-order valence-corrected chi connectivity index (χ1v) is 15.6. The molecule has 0 atom stereocenters. The van der Waals surface area contributed by atoms with Crippen LogP contribution in [0.25, 0.3) is 11.1 Å². The van der Waals surface area contributed by atoms with Crippen LogP contribution in [-0.2, 0) is 12.8 Å². The van der Waals surface area contributed by atoms with Gasteiger partial charge in [-0.25, -0.2) is 4.98 Å². The van der Waals surface area contributed by atoms with E-state index in [0.29, 0.717) is 5.88 Å². The van der Waals surface area contributed by atoms with Gasteiger partial charge in [0.2, 0.25) is 12.7 Å². The second-order valence-electron chi connectivity index (χ2n) is 9.15. The summed E-state index contributed by atoms with van der Waals surface area (Å²) in [5.74, 6) is 2.47. The molecule has 0 saturated carbocycles. The Morgan fingerprint density at radius 3 is 2.07 bits per heavy atom. The first-order chi connectivity index (χ1) is 20.1. The van der Waals surface area contributed by atoms with Gasteiger partial charge in [-0.3, -0.25) is 4.79 Å². The largest absolute Gasteiger partial charge is 0.452 e. The lowest BCUT2D eigenvalue weighted by atomic mass is 10.0. The Morgan fingerprint density at radius 2 is 1.39 bits per heavy atom. The molecule has 3 aromatic carbocycles. The highest BCUT2D eigenvalue weighted by molar-refractivity contribution is 7.99. The predicted octanol–water partition coefficient (Wildman–Crippen LogP) is 8.18. The Balaban J connectivity index is 1.04. The van der Waals surface area contributed by atoms with Crippen molar-refractivity contribution in [2.24, 2.45) is 0 Å². The summed E-state index contributed by atoms with van der Waals surface area (Å²) in [6.07, 6.45) is 5.35. The maximum atomic E-state index is 12.3. The van der Waals surface area contributed by atoms with E-state index in [2.05, 4.69) is 46.4 Å². The summed E-state index contributed by atoms with van der Waals surface area (Å²) in [4.78, 5) is 21.3. The molecule has 8 heteroatoms. The van der Waals surface area contributed by atoms with Crippen LogP contribution in [0.15, 0.2) is 124 Å². The normalized spacial score (nSPS) is 10.9. The van der Waals surface area contributed by atoms with Crippen molar-refractivity contribution in [1.29, 1.82) is 0 Å². The number of benzene rings is 3. The van der Waals surface area contributed by atoms with Gasteiger partial charge in [-0.2, -0.15) is 0 Å². The molecular weight excluding hydrogens is 572 g/mol. The summed E-state index contributed by atoms with van der Waals surface area (Å²) >= 11 is 9.34. The van der Waals surface area contributed by atoms with Crippen LogP contribution in [0.4, 0.5) is 0 Å². The average Bonchev–Trinajstić information content (AvgIpc) is 3.01. The van der Waals surface area contributed by atoms with Gasteiger partial charge >= 0.3 is 0 Å². The van der Waals surface area contributed by atoms with Gasteiger partial charge in [0.1, 0.15) is 0 Å². The average molecular weight is 601 g/mol. The van der Waals surface area contributed by atoms with Crippen LogP contribution in [-0.4, -0.2) is 28.3 Å². The molecule has 5 nitrogen and oxygen atoms in total. The zero-order valence-electron chi connectivity index (χ0n) is 22.3. The summed E-state index contributed by atoms with van der Waals surface area (Å²) in [6.45, 7) is -0.110. The lowest BCUT2D eigenvalue weighted by Crippen LogP contribution is -2.14. The maximum Gasteiger partial charge on any atom is 0.290 e. The number of H-pyrrole nitrogens is 1. The van der Waals surface area contributed by atoms with E-state index < -0.39 is 0 Å². The number of pyridine rings is 2. The van der Waals surface area contributed by atoms with Crippen LogP contribution >= 0.6 is 35.1 Å². The highest BCUT2D eigenvalue weighted by Crippen LogP contribution is 2.24. The van der Waals surface area contributed by atoms with Crippen molar-refractivity contribution in [2.75, 3.05) is 18.3 Å². The van der Waals surface area contributed by atoms with Crippen LogP contribution in [0.5, 0.6) is 11.6 Å². The first-order valence-electron chi connectivity index (χ1n) is 13.2. The smallest absolute Gasteiger partial charge is 0.290 e. The molecular formula is C33H29ClN2O3S2. The molecule has 1 N–H and O–H groups in total. The maximum absolute atomic E-state index is 12.3. The molecule has 0 saturated heterocycles. The lowest BCUT2D eigenvalue weighted by Gasteiger charge is -2.09. The van der Waals surface area contributed by atoms with Crippen LogP contribution in [0.3, 0.4) is 0 Å². The third-order valence-electron chi connectivity index (χ3n) is 6.27. The number of aryl methyl sites for hydroxylation is 2.